The molecule has 0 radical (unpaired) electrons. The van der Waals surface area contributed by atoms with Crippen molar-refractivity contribution in [2.24, 2.45) is 0 Å². The molecule has 0 fully saturated rings. The average molecular weight is 239 g/mol. The fraction of sp³-hybridized carbons (Fsp3) is 0.273. The lowest BCUT2D eigenvalue weighted by molar-refractivity contribution is 1.14. The molecular formula is C11H11ClN2S. The Bertz CT molecular complexity index is 479. The Hall–Kier alpha value is -0.930. The minimum atomic E-state index is 0.460. The van der Waals surface area contributed by atoms with Gasteiger partial charge in [0.05, 0.1) is 17.3 Å². The first kappa shape index (κ1) is 10.6. The minimum absolute atomic E-state index is 0.460. The maximum Gasteiger partial charge on any atom is 0.142 e. The monoisotopic (exact) mass is 238 g/mol. The van der Waals surface area contributed by atoms with Crippen LogP contribution in [0.5, 0.6) is 0 Å². The molecule has 4 heteroatoms. The number of hydrogen-bond donors (Lipinski definition) is 0. The van der Waals surface area contributed by atoms with Gasteiger partial charge in [-0.2, -0.15) is 0 Å². The van der Waals surface area contributed by atoms with Crippen LogP contribution in [-0.2, 0) is 5.88 Å². The number of rotatable bonds is 2. The van der Waals surface area contributed by atoms with Gasteiger partial charge < -0.3 is 0 Å². The van der Waals surface area contributed by atoms with Gasteiger partial charge in [0, 0.05) is 11.1 Å². The fourth-order valence-electron chi connectivity index (χ4n) is 1.24. The van der Waals surface area contributed by atoms with E-state index in [0.717, 1.165) is 22.1 Å². The van der Waals surface area contributed by atoms with E-state index in [1.54, 1.807) is 11.3 Å². The van der Waals surface area contributed by atoms with Crippen LogP contribution in [0.15, 0.2) is 17.5 Å². The third kappa shape index (κ3) is 2.19. The highest BCUT2D eigenvalue weighted by molar-refractivity contribution is 7.13. The van der Waals surface area contributed by atoms with Crippen LogP contribution < -0.4 is 0 Å². The summed E-state index contributed by atoms with van der Waals surface area (Å²) < 4.78 is 0. The number of thiazole rings is 1. The molecule has 15 heavy (non-hydrogen) atoms. The molecule has 2 aromatic rings. The van der Waals surface area contributed by atoms with E-state index in [1.165, 1.54) is 5.56 Å². The van der Waals surface area contributed by atoms with Crippen molar-refractivity contribution in [3.05, 3.63) is 34.5 Å². The zero-order valence-electron chi connectivity index (χ0n) is 8.62. The number of hydrogen-bond acceptors (Lipinski definition) is 3. The highest BCUT2D eigenvalue weighted by Gasteiger charge is 2.06. The molecule has 0 aliphatic carbocycles. The molecule has 2 heterocycles. The lowest BCUT2D eigenvalue weighted by Gasteiger charge is -2.00. The number of halogens is 1. The molecule has 0 saturated heterocycles. The Morgan fingerprint density at radius 2 is 2.07 bits per heavy atom. The average Bonchev–Trinajstić information content (AvgIpc) is 2.70. The summed E-state index contributed by atoms with van der Waals surface area (Å²) in [6.07, 6.45) is 0. The first-order chi connectivity index (χ1) is 7.20. The van der Waals surface area contributed by atoms with E-state index >= 15 is 0 Å². The van der Waals surface area contributed by atoms with Crippen LogP contribution in [0.2, 0.25) is 0 Å². The van der Waals surface area contributed by atoms with Gasteiger partial charge in [-0.05, 0) is 25.5 Å². The van der Waals surface area contributed by atoms with Gasteiger partial charge in [0.2, 0.25) is 0 Å². The van der Waals surface area contributed by atoms with E-state index in [2.05, 4.69) is 23.0 Å². The van der Waals surface area contributed by atoms with Crippen molar-refractivity contribution >= 4 is 22.9 Å². The summed E-state index contributed by atoms with van der Waals surface area (Å²) in [6.45, 7) is 4.06. The second-order valence-electron chi connectivity index (χ2n) is 3.38. The van der Waals surface area contributed by atoms with Crippen molar-refractivity contribution in [3.8, 4) is 10.7 Å². The largest absolute Gasteiger partial charge is 0.250 e. The van der Waals surface area contributed by atoms with E-state index in [-0.39, 0.29) is 0 Å². The Labute approximate surface area is 98.0 Å². The van der Waals surface area contributed by atoms with Gasteiger partial charge in [0.25, 0.3) is 0 Å². The summed E-state index contributed by atoms with van der Waals surface area (Å²) >= 11 is 7.29. The molecule has 0 aromatic carbocycles. The predicted molar refractivity (Wildman–Crippen MR) is 64.4 cm³/mol. The standard InChI is InChI=1S/C11H11ClN2S/c1-7-3-4-10(13-8(7)2)11-14-9(5-12)6-15-11/h3-4,6H,5H2,1-2H3. The molecule has 0 amide bonds. The number of pyridine rings is 1. The molecule has 0 bridgehead atoms. The van der Waals surface area contributed by atoms with Crippen LogP contribution in [-0.4, -0.2) is 9.97 Å². The van der Waals surface area contributed by atoms with Crippen molar-refractivity contribution in [3.63, 3.8) is 0 Å². The van der Waals surface area contributed by atoms with E-state index < -0.39 is 0 Å². The molecule has 0 spiro atoms. The normalized spacial score (nSPS) is 10.6. The number of alkyl halides is 1. The Morgan fingerprint density at radius 1 is 1.27 bits per heavy atom. The van der Waals surface area contributed by atoms with E-state index in [0.29, 0.717) is 5.88 Å². The molecule has 0 N–H and O–H groups in total. The van der Waals surface area contributed by atoms with Gasteiger partial charge >= 0.3 is 0 Å². The van der Waals surface area contributed by atoms with Gasteiger partial charge in [0.15, 0.2) is 0 Å². The van der Waals surface area contributed by atoms with Gasteiger partial charge in [-0.15, -0.1) is 22.9 Å². The second kappa shape index (κ2) is 4.29. The Kier molecular flexibility index (Phi) is 3.03. The fourth-order valence-corrected chi connectivity index (χ4v) is 2.25. The van der Waals surface area contributed by atoms with E-state index in [1.807, 2.05) is 18.4 Å². The molecule has 0 aliphatic heterocycles. The van der Waals surface area contributed by atoms with Crippen molar-refractivity contribution in [2.75, 3.05) is 0 Å². The van der Waals surface area contributed by atoms with Gasteiger partial charge in [0.1, 0.15) is 5.01 Å². The SMILES string of the molecule is Cc1ccc(-c2nc(CCl)cs2)nc1C. The van der Waals surface area contributed by atoms with Gasteiger partial charge in [-0.1, -0.05) is 6.07 Å². The maximum absolute atomic E-state index is 5.71. The molecule has 78 valence electrons. The summed E-state index contributed by atoms with van der Waals surface area (Å²) in [6, 6.07) is 4.07. The summed E-state index contributed by atoms with van der Waals surface area (Å²) in [5, 5.41) is 2.91. The molecular weight excluding hydrogens is 228 g/mol. The van der Waals surface area contributed by atoms with Crippen LogP contribution in [0.25, 0.3) is 10.7 Å². The summed E-state index contributed by atoms with van der Waals surface area (Å²) in [4.78, 5) is 8.89. The number of nitrogens with zero attached hydrogens (tertiary/aromatic N) is 2. The quantitative estimate of drug-likeness (QED) is 0.748. The van der Waals surface area contributed by atoms with E-state index in [4.69, 9.17) is 11.6 Å². The molecule has 0 atom stereocenters. The highest BCUT2D eigenvalue weighted by atomic mass is 35.5. The van der Waals surface area contributed by atoms with Gasteiger partial charge in [-0.3, -0.25) is 4.98 Å². The molecule has 0 aliphatic rings. The van der Waals surface area contributed by atoms with Crippen molar-refractivity contribution in [2.45, 2.75) is 19.7 Å². The lowest BCUT2D eigenvalue weighted by atomic mass is 10.2. The van der Waals surface area contributed by atoms with Crippen molar-refractivity contribution < 1.29 is 0 Å². The molecule has 0 saturated carbocycles. The van der Waals surface area contributed by atoms with Crippen LogP contribution in [0.1, 0.15) is 17.0 Å². The molecule has 2 nitrogen and oxygen atoms in total. The zero-order valence-corrected chi connectivity index (χ0v) is 10.2. The van der Waals surface area contributed by atoms with E-state index in [9.17, 15) is 0 Å². The first-order valence-corrected chi connectivity index (χ1v) is 6.07. The van der Waals surface area contributed by atoms with Gasteiger partial charge in [-0.25, -0.2) is 4.98 Å². The topological polar surface area (TPSA) is 25.8 Å². The predicted octanol–water partition coefficient (Wildman–Crippen LogP) is 3.56. The number of aryl methyl sites for hydroxylation is 2. The van der Waals surface area contributed by atoms with Crippen LogP contribution >= 0.6 is 22.9 Å². The Balaban J connectivity index is 2.40. The summed E-state index contributed by atoms with van der Waals surface area (Å²) in [5.41, 5.74) is 4.10. The van der Waals surface area contributed by atoms with Crippen LogP contribution in [0, 0.1) is 13.8 Å². The molecule has 0 unspecified atom stereocenters. The second-order valence-corrected chi connectivity index (χ2v) is 4.50. The smallest absolute Gasteiger partial charge is 0.142 e. The first-order valence-electron chi connectivity index (χ1n) is 4.65. The van der Waals surface area contributed by atoms with Crippen molar-refractivity contribution in [1.29, 1.82) is 0 Å². The lowest BCUT2D eigenvalue weighted by Crippen LogP contribution is -1.89. The number of aromatic nitrogens is 2. The maximum atomic E-state index is 5.71. The summed E-state index contributed by atoms with van der Waals surface area (Å²) in [5.74, 6) is 0.460. The third-order valence-corrected chi connectivity index (χ3v) is 3.45. The van der Waals surface area contributed by atoms with Crippen LogP contribution in [0.3, 0.4) is 0 Å². The van der Waals surface area contributed by atoms with Crippen LogP contribution in [0.4, 0.5) is 0 Å². The highest BCUT2D eigenvalue weighted by Crippen LogP contribution is 2.23. The molecule has 2 rings (SSSR count). The third-order valence-electron chi connectivity index (χ3n) is 2.26. The minimum Gasteiger partial charge on any atom is -0.250 e. The van der Waals surface area contributed by atoms with Crippen molar-refractivity contribution in [1.82, 2.24) is 9.97 Å². The zero-order chi connectivity index (χ0) is 10.8. The molecule has 2 aromatic heterocycles. The summed E-state index contributed by atoms with van der Waals surface area (Å²) in [7, 11) is 0. The Morgan fingerprint density at radius 3 is 2.67 bits per heavy atom.